The summed E-state index contributed by atoms with van der Waals surface area (Å²) in [6.45, 7) is 0. The molecule has 0 bridgehead atoms. The highest BCUT2D eigenvalue weighted by molar-refractivity contribution is 7.94. The molecule has 1 aromatic carbocycles. The van der Waals surface area contributed by atoms with Gasteiger partial charge in [0.05, 0.1) is 16.3 Å². The fourth-order valence-electron chi connectivity index (χ4n) is 3.16. The zero-order valence-electron chi connectivity index (χ0n) is 16.4. The number of hydrogen-bond acceptors (Lipinski definition) is 6. The van der Waals surface area contributed by atoms with Gasteiger partial charge in [-0.3, -0.25) is 4.79 Å². The van der Waals surface area contributed by atoms with Gasteiger partial charge in [0.25, 0.3) is 0 Å². The number of thiazole rings is 1. The number of aliphatic imine (C=N–C) groups is 1. The summed E-state index contributed by atoms with van der Waals surface area (Å²) in [6.07, 6.45) is 9.07. The van der Waals surface area contributed by atoms with Crippen molar-refractivity contribution in [3.8, 4) is 0 Å². The summed E-state index contributed by atoms with van der Waals surface area (Å²) in [5.74, 6) is 0.0353. The third kappa shape index (κ3) is 5.55. The third-order valence-electron chi connectivity index (χ3n) is 4.59. The van der Waals surface area contributed by atoms with E-state index in [-0.39, 0.29) is 11.9 Å². The molecule has 1 amide bonds. The molecular formula is C20H23N5O3S2. The summed E-state index contributed by atoms with van der Waals surface area (Å²) in [7, 11) is -3.22. The first-order valence-corrected chi connectivity index (χ1v) is 11.9. The van der Waals surface area contributed by atoms with Crippen LogP contribution in [0.5, 0.6) is 0 Å². The number of rotatable bonds is 8. The second kappa shape index (κ2) is 9.23. The molecule has 3 rings (SSSR count). The molecule has 1 unspecified atom stereocenters. The minimum atomic E-state index is -3.22. The van der Waals surface area contributed by atoms with Crippen molar-refractivity contribution in [2.24, 2.45) is 16.5 Å². The van der Waals surface area contributed by atoms with Crippen LogP contribution >= 0.6 is 11.3 Å². The molecular weight excluding hydrogens is 422 g/mol. The third-order valence-corrected chi connectivity index (χ3v) is 6.91. The van der Waals surface area contributed by atoms with Gasteiger partial charge in [-0.1, -0.05) is 24.3 Å². The van der Waals surface area contributed by atoms with Gasteiger partial charge < -0.3 is 16.8 Å². The van der Waals surface area contributed by atoms with Gasteiger partial charge >= 0.3 is 0 Å². The van der Waals surface area contributed by atoms with Gasteiger partial charge in [-0.05, 0) is 43.0 Å². The van der Waals surface area contributed by atoms with E-state index in [9.17, 15) is 13.2 Å². The lowest BCUT2D eigenvalue weighted by molar-refractivity contribution is -0.105. The van der Waals surface area contributed by atoms with Crippen LogP contribution in [0.25, 0.3) is 0 Å². The topological polar surface area (TPSA) is 141 Å². The van der Waals surface area contributed by atoms with Crippen molar-refractivity contribution in [1.82, 2.24) is 4.98 Å². The molecule has 10 heteroatoms. The highest BCUT2D eigenvalue weighted by Crippen LogP contribution is 2.36. The molecule has 0 saturated carbocycles. The molecule has 1 aliphatic rings. The summed E-state index contributed by atoms with van der Waals surface area (Å²) in [4.78, 5) is 20.8. The first kappa shape index (κ1) is 21.7. The zero-order valence-corrected chi connectivity index (χ0v) is 18.0. The minimum absolute atomic E-state index is 0.0127. The summed E-state index contributed by atoms with van der Waals surface area (Å²) >= 11 is 1.41. The van der Waals surface area contributed by atoms with Gasteiger partial charge in [-0.25, -0.2) is 18.4 Å². The van der Waals surface area contributed by atoms with Crippen molar-refractivity contribution in [3.05, 3.63) is 63.5 Å². The van der Waals surface area contributed by atoms with Crippen molar-refractivity contribution in [3.63, 3.8) is 0 Å². The van der Waals surface area contributed by atoms with Crippen LogP contribution in [0.2, 0.25) is 0 Å². The van der Waals surface area contributed by atoms with E-state index in [0.717, 1.165) is 22.6 Å². The number of amides is 1. The van der Waals surface area contributed by atoms with Gasteiger partial charge in [0.2, 0.25) is 6.41 Å². The summed E-state index contributed by atoms with van der Waals surface area (Å²) in [6, 6.07) is 7.61. The molecule has 158 valence electrons. The minimum Gasteiger partial charge on any atom is -0.370 e. The number of carbonyl (C=O) groups is 1. The molecule has 30 heavy (non-hydrogen) atoms. The van der Waals surface area contributed by atoms with Gasteiger partial charge in [-0.15, -0.1) is 11.3 Å². The Labute approximate surface area is 179 Å². The number of sulfone groups is 1. The Morgan fingerprint density at radius 3 is 2.60 bits per heavy atom. The Morgan fingerprint density at radius 2 is 2.03 bits per heavy atom. The lowest BCUT2D eigenvalue weighted by Crippen LogP contribution is -2.21. The second-order valence-electron chi connectivity index (χ2n) is 6.88. The number of guanidine groups is 1. The molecule has 8 nitrogen and oxygen atoms in total. The fraction of sp³-hybridized carbons (Fsp3) is 0.250. The number of anilines is 1. The molecule has 1 heterocycles. The average Bonchev–Trinajstić information content (AvgIpc) is 3.09. The summed E-state index contributed by atoms with van der Waals surface area (Å²) in [5, 5.41) is 3.15. The van der Waals surface area contributed by atoms with Crippen molar-refractivity contribution in [1.29, 1.82) is 0 Å². The van der Waals surface area contributed by atoms with E-state index in [1.165, 1.54) is 17.6 Å². The number of nitrogens with two attached hydrogens (primary N) is 2. The van der Waals surface area contributed by atoms with Crippen molar-refractivity contribution in [2.45, 2.75) is 25.2 Å². The molecule has 2 aromatic rings. The Kier molecular flexibility index (Phi) is 6.68. The van der Waals surface area contributed by atoms with E-state index < -0.39 is 9.84 Å². The number of aryl methyl sites for hydroxylation is 2. The number of hydrogen-bond donors (Lipinski definition) is 3. The second-order valence-corrected chi connectivity index (χ2v) is 9.92. The lowest BCUT2D eigenvalue weighted by Gasteiger charge is -2.15. The van der Waals surface area contributed by atoms with E-state index in [1.54, 1.807) is 12.2 Å². The van der Waals surface area contributed by atoms with Crippen molar-refractivity contribution < 1.29 is 13.2 Å². The quantitative estimate of drug-likeness (QED) is 0.324. The average molecular weight is 446 g/mol. The summed E-state index contributed by atoms with van der Waals surface area (Å²) < 4.78 is 23.5. The first-order valence-electron chi connectivity index (χ1n) is 9.23. The van der Waals surface area contributed by atoms with Crippen LogP contribution in [0.4, 0.5) is 10.8 Å². The smallest absolute Gasteiger partial charge is 0.213 e. The molecule has 0 aliphatic heterocycles. The zero-order chi connectivity index (χ0) is 21.7. The lowest BCUT2D eigenvalue weighted by atomic mass is 9.96. The van der Waals surface area contributed by atoms with Gasteiger partial charge in [-0.2, -0.15) is 0 Å². The first-order chi connectivity index (χ1) is 14.3. The Balaban J connectivity index is 1.77. The van der Waals surface area contributed by atoms with Crippen LogP contribution in [0.15, 0.2) is 52.4 Å². The Hall–Kier alpha value is -2.98. The number of carbonyl (C=O) groups excluding carboxylic acids is 1. The van der Waals surface area contributed by atoms with Crippen LogP contribution in [0.3, 0.4) is 0 Å². The van der Waals surface area contributed by atoms with Crippen LogP contribution < -0.4 is 16.8 Å². The summed E-state index contributed by atoms with van der Waals surface area (Å²) in [5.41, 5.74) is 13.5. The van der Waals surface area contributed by atoms with Gasteiger partial charge in [0, 0.05) is 17.1 Å². The monoisotopic (exact) mass is 445 g/mol. The molecule has 0 radical (unpaired) electrons. The van der Waals surface area contributed by atoms with Crippen LogP contribution in [-0.4, -0.2) is 32.0 Å². The standard InChI is InChI=1S/C20H23N5O3S2/c1-30(27,28)16-9-5-14(6-10-16)18-17(25-20(29-18)23-12-26)11-4-13-2-7-15(8-3-13)24-19(21)22/h2-3,5,7-10,12,14H,4,6,11H2,1H3,(H4,21,22,24)(H,23,25,26). The number of nitrogens with one attached hydrogen (secondary N) is 1. The molecule has 1 aromatic heterocycles. The van der Waals surface area contributed by atoms with E-state index in [2.05, 4.69) is 15.3 Å². The van der Waals surface area contributed by atoms with Crippen LogP contribution in [0, 0.1) is 0 Å². The maximum absolute atomic E-state index is 11.7. The van der Waals surface area contributed by atoms with E-state index in [4.69, 9.17) is 11.5 Å². The Bertz CT molecular complexity index is 1110. The van der Waals surface area contributed by atoms with Gasteiger partial charge in [0.15, 0.2) is 20.9 Å². The molecule has 0 spiro atoms. The van der Waals surface area contributed by atoms with Crippen molar-refractivity contribution in [2.75, 3.05) is 11.6 Å². The largest absolute Gasteiger partial charge is 0.370 e. The number of aromatic nitrogens is 1. The van der Waals surface area contributed by atoms with Crippen LogP contribution in [0.1, 0.15) is 28.5 Å². The van der Waals surface area contributed by atoms with E-state index >= 15 is 0 Å². The fourth-order valence-corrected chi connectivity index (χ4v) is 4.95. The molecule has 0 saturated heterocycles. The maximum Gasteiger partial charge on any atom is 0.213 e. The van der Waals surface area contributed by atoms with E-state index in [1.807, 2.05) is 30.3 Å². The van der Waals surface area contributed by atoms with Crippen LogP contribution in [-0.2, 0) is 27.5 Å². The predicted octanol–water partition coefficient (Wildman–Crippen LogP) is 2.37. The molecule has 5 N–H and O–H groups in total. The SMILES string of the molecule is CS(=O)(=O)C1=CCC(c2sc(NC=O)nc2CCc2ccc(N=C(N)N)cc2)C=C1. The molecule has 1 atom stereocenters. The van der Waals surface area contributed by atoms with Gasteiger partial charge in [0.1, 0.15) is 0 Å². The highest BCUT2D eigenvalue weighted by Gasteiger charge is 2.22. The normalized spacial score (nSPS) is 16.0. The molecule has 0 fully saturated rings. The predicted molar refractivity (Wildman–Crippen MR) is 121 cm³/mol. The van der Waals surface area contributed by atoms with E-state index in [0.29, 0.717) is 35.0 Å². The number of benzene rings is 1. The van der Waals surface area contributed by atoms with Crippen molar-refractivity contribution >= 4 is 44.4 Å². The maximum atomic E-state index is 11.7. The Morgan fingerprint density at radius 1 is 1.30 bits per heavy atom. The number of allylic oxidation sites excluding steroid dienone is 3. The number of nitrogens with zero attached hydrogens (tertiary/aromatic N) is 2. The molecule has 1 aliphatic carbocycles. The highest BCUT2D eigenvalue weighted by atomic mass is 32.2.